The van der Waals surface area contributed by atoms with E-state index in [9.17, 15) is 9.59 Å². The van der Waals surface area contributed by atoms with Crippen molar-refractivity contribution in [2.24, 2.45) is 0 Å². The van der Waals surface area contributed by atoms with E-state index in [-0.39, 0.29) is 11.3 Å². The molecule has 8 nitrogen and oxygen atoms in total. The van der Waals surface area contributed by atoms with Crippen LogP contribution in [-0.4, -0.2) is 49.0 Å². The van der Waals surface area contributed by atoms with Crippen LogP contribution in [0.1, 0.15) is 41.7 Å². The fourth-order valence-corrected chi connectivity index (χ4v) is 4.28. The second kappa shape index (κ2) is 6.56. The quantitative estimate of drug-likeness (QED) is 0.730. The van der Waals surface area contributed by atoms with Crippen molar-refractivity contribution in [3.05, 3.63) is 58.3 Å². The number of benzene rings is 1. The van der Waals surface area contributed by atoms with Crippen LogP contribution in [0.25, 0.3) is 5.78 Å². The number of carbonyl (C=O) groups is 1. The molecule has 1 fully saturated rings. The number of Topliss-reactive ketones (excluding diaryl/α,β-unsaturated/α-hetero) is 1. The number of hydrogen-bond acceptors (Lipinski definition) is 6. The Morgan fingerprint density at radius 3 is 3.00 bits per heavy atom. The lowest BCUT2D eigenvalue weighted by molar-refractivity contribution is 0.0298. The third kappa shape index (κ3) is 2.99. The van der Waals surface area contributed by atoms with Gasteiger partial charge in [-0.15, -0.1) is 0 Å². The van der Waals surface area contributed by atoms with Gasteiger partial charge < -0.3 is 4.74 Å². The summed E-state index contributed by atoms with van der Waals surface area (Å²) in [5.74, 6) is 1.24. The highest BCUT2D eigenvalue weighted by Crippen LogP contribution is 2.39. The Labute approximate surface area is 161 Å². The molecule has 5 rings (SSSR count). The predicted octanol–water partition coefficient (Wildman–Crippen LogP) is 1.81. The zero-order chi connectivity index (χ0) is 19.1. The molecule has 0 aliphatic carbocycles. The Morgan fingerprint density at radius 1 is 1.18 bits per heavy atom. The third-order valence-corrected chi connectivity index (χ3v) is 5.69. The molecule has 0 saturated carbocycles. The molecule has 28 heavy (non-hydrogen) atoms. The number of nitrogens with one attached hydrogen (secondary N) is 1. The Balaban J connectivity index is 1.33. The standard InChI is InChI=1S/C20H21N5O3/c26-16-11-20(28-17-5-2-1-4-15(16)17)6-3-8-24(9-7-20)12-14-10-18(27)25-19(23-14)21-13-22-25/h1-2,4-5,10,13H,3,6-9,11-12H2,(H,21,22,23). The van der Waals surface area contributed by atoms with E-state index in [4.69, 9.17) is 4.74 Å². The number of carbonyl (C=O) groups excluding carboxylic acids is 1. The number of aromatic amines is 1. The van der Waals surface area contributed by atoms with Gasteiger partial charge >= 0.3 is 0 Å². The number of hydrogen-bond donors (Lipinski definition) is 1. The molecular weight excluding hydrogens is 358 g/mol. The van der Waals surface area contributed by atoms with Crippen LogP contribution in [0.4, 0.5) is 0 Å². The normalized spacial score (nSPS) is 22.8. The van der Waals surface area contributed by atoms with Crippen molar-refractivity contribution in [1.82, 2.24) is 24.5 Å². The van der Waals surface area contributed by atoms with Gasteiger partial charge in [0.2, 0.25) is 0 Å². The zero-order valence-corrected chi connectivity index (χ0v) is 15.4. The van der Waals surface area contributed by atoms with Crippen LogP contribution in [0.3, 0.4) is 0 Å². The van der Waals surface area contributed by atoms with Crippen LogP contribution >= 0.6 is 0 Å². The van der Waals surface area contributed by atoms with E-state index in [2.05, 4.69) is 20.0 Å². The summed E-state index contributed by atoms with van der Waals surface area (Å²) >= 11 is 0. The van der Waals surface area contributed by atoms with E-state index in [1.54, 1.807) is 6.07 Å². The number of H-pyrrole nitrogens is 1. The maximum absolute atomic E-state index is 12.6. The fourth-order valence-electron chi connectivity index (χ4n) is 4.28. The van der Waals surface area contributed by atoms with Crippen molar-refractivity contribution in [2.45, 2.75) is 37.8 Å². The Morgan fingerprint density at radius 2 is 2.07 bits per heavy atom. The topological polar surface area (TPSA) is 92.6 Å². The zero-order valence-electron chi connectivity index (χ0n) is 15.4. The fraction of sp³-hybridized carbons (Fsp3) is 0.400. The minimum absolute atomic E-state index is 0.161. The van der Waals surface area contributed by atoms with Crippen LogP contribution in [0.15, 0.2) is 41.5 Å². The first-order chi connectivity index (χ1) is 13.6. The van der Waals surface area contributed by atoms with Crippen LogP contribution in [-0.2, 0) is 6.54 Å². The number of aromatic nitrogens is 4. The summed E-state index contributed by atoms with van der Waals surface area (Å²) in [7, 11) is 0. The van der Waals surface area contributed by atoms with Gasteiger partial charge in [0.25, 0.3) is 11.3 Å². The molecule has 0 amide bonds. The average molecular weight is 379 g/mol. The van der Waals surface area contributed by atoms with Crippen molar-refractivity contribution in [1.29, 1.82) is 0 Å². The highest BCUT2D eigenvalue weighted by atomic mass is 16.5. The summed E-state index contributed by atoms with van der Waals surface area (Å²) in [6, 6.07) is 9.04. The number of fused-ring (bicyclic) bond motifs is 2. The lowest BCUT2D eigenvalue weighted by atomic mass is 9.84. The van der Waals surface area contributed by atoms with Crippen LogP contribution in [0.5, 0.6) is 5.75 Å². The molecule has 2 aromatic heterocycles. The molecule has 1 unspecified atom stereocenters. The Bertz CT molecular complexity index is 1100. The molecule has 8 heteroatoms. The maximum Gasteiger partial charge on any atom is 0.274 e. The smallest absolute Gasteiger partial charge is 0.274 e. The molecule has 1 saturated heterocycles. The number of nitrogens with zero attached hydrogens (tertiary/aromatic N) is 4. The molecule has 4 heterocycles. The van der Waals surface area contributed by atoms with Crippen molar-refractivity contribution in [3.8, 4) is 5.75 Å². The van der Waals surface area contributed by atoms with Gasteiger partial charge in [0.15, 0.2) is 5.78 Å². The second-order valence-corrected chi connectivity index (χ2v) is 7.62. The summed E-state index contributed by atoms with van der Waals surface area (Å²) in [5.41, 5.74) is 0.797. The molecule has 1 spiro atoms. The molecule has 0 bridgehead atoms. The van der Waals surface area contributed by atoms with Gasteiger partial charge in [0.05, 0.1) is 17.7 Å². The summed E-state index contributed by atoms with van der Waals surface area (Å²) in [6.07, 6.45) is 4.43. The molecular formula is C20H21N5O3. The lowest BCUT2D eigenvalue weighted by Gasteiger charge is -2.37. The summed E-state index contributed by atoms with van der Waals surface area (Å²) < 4.78 is 7.66. The predicted molar refractivity (Wildman–Crippen MR) is 101 cm³/mol. The largest absolute Gasteiger partial charge is 0.486 e. The van der Waals surface area contributed by atoms with E-state index in [1.165, 1.54) is 10.8 Å². The molecule has 1 aromatic carbocycles. The number of ether oxygens (including phenoxy) is 1. The molecule has 2 aliphatic rings. The highest BCUT2D eigenvalue weighted by Gasteiger charge is 2.41. The van der Waals surface area contributed by atoms with E-state index in [0.29, 0.717) is 35.8 Å². The minimum Gasteiger partial charge on any atom is -0.486 e. The van der Waals surface area contributed by atoms with Gasteiger partial charge in [-0.2, -0.15) is 4.52 Å². The monoisotopic (exact) mass is 379 g/mol. The minimum atomic E-state index is -0.431. The van der Waals surface area contributed by atoms with Gasteiger partial charge in [-0.1, -0.05) is 12.1 Å². The first kappa shape index (κ1) is 17.1. The van der Waals surface area contributed by atoms with Crippen molar-refractivity contribution < 1.29 is 9.53 Å². The van der Waals surface area contributed by atoms with Gasteiger partial charge in [0.1, 0.15) is 17.7 Å². The third-order valence-electron chi connectivity index (χ3n) is 5.69. The van der Waals surface area contributed by atoms with Crippen molar-refractivity contribution in [3.63, 3.8) is 0 Å². The van der Waals surface area contributed by atoms with Gasteiger partial charge in [-0.05, 0) is 31.5 Å². The van der Waals surface area contributed by atoms with Crippen LogP contribution < -0.4 is 10.3 Å². The number of likely N-dealkylation sites (tertiary alicyclic amines) is 1. The SMILES string of the molecule is O=C1CC2(CCCN(Cc3cc(=O)n4[nH]cnc4n3)CC2)Oc2ccccc21. The summed E-state index contributed by atoms with van der Waals surface area (Å²) in [4.78, 5) is 35.6. The van der Waals surface area contributed by atoms with E-state index in [0.717, 1.165) is 32.4 Å². The second-order valence-electron chi connectivity index (χ2n) is 7.62. The highest BCUT2D eigenvalue weighted by molar-refractivity contribution is 6.00. The van der Waals surface area contributed by atoms with Crippen molar-refractivity contribution >= 4 is 11.6 Å². The molecule has 1 N–H and O–H groups in total. The van der Waals surface area contributed by atoms with E-state index < -0.39 is 5.60 Å². The van der Waals surface area contributed by atoms with Crippen LogP contribution in [0, 0.1) is 0 Å². The van der Waals surface area contributed by atoms with Crippen LogP contribution in [0.2, 0.25) is 0 Å². The Kier molecular flexibility index (Phi) is 4.01. The first-order valence-electron chi connectivity index (χ1n) is 9.58. The lowest BCUT2D eigenvalue weighted by Crippen LogP contribution is -2.42. The Hall–Kier alpha value is -3.00. The van der Waals surface area contributed by atoms with E-state index >= 15 is 0 Å². The van der Waals surface area contributed by atoms with Gasteiger partial charge in [-0.3, -0.25) is 19.6 Å². The van der Waals surface area contributed by atoms with E-state index in [1.807, 2.05) is 24.3 Å². The van der Waals surface area contributed by atoms with Crippen molar-refractivity contribution in [2.75, 3.05) is 13.1 Å². The molecule has 0 radical (unpaired) electrons. The van der Waals surface area contributed by atoms with Gasteiger partial charge in [0, 0.05) is 25.6 Å². The van der Waals surface area contributed by atoms with Gasteiger partial charge in [-0.25, -0.2) is 9.97 Å². The molecule has 1 atom stereocenters. The molecule has 144 valence electrons. The number of rotatable bonds is 2. The molecule has 2 aliphatic heterocycles. The number of ketones is 1. The number of para-hydroxylation sites is 1. The summed E-state index contributed by atoms with van der Waals surface area (Å²) in [6.45, 7) is 2.25. The summed E-state index contributed by atoms with van der Waals surface area (Å²) in [5, 5.41) is 2.75. The molecule has 3 aromatic rings. The maximum atomic E-state index is 12.6. The average Bonchev–Trinajstić information content (AvgIpc) is 3.08. The first-order valence-corrected chi connectivity index (χ1v) is 9.58.